The maximum absolute atomic E-state index is 5.48. The second kappa shape index (κ2) is 14.6. The maximum atomic E-state index is 5.48. The highest BCUT2D eigenvalue weighted by molar-refractivity contribution is 14.0. The Morgan fingerprint density at radius 3 is 2.21 bits per heavy atom. The van der Waals surface area contributed by atoms with Crippen LogP contribution in [0.15, 0.2) is 33.8 Å². The summed E-state index contributed by atoms with van der Waals surface area (Å²) in [5, 5.41) is 11.0. The first kappa shape index (κ1) is 27.6. The highest BCUT2D eigenvalue weighted by Gasteiger charge is 2.15. The number of hydrogen-bond acceptors (Lipinski definition) is 5. The number of nitrogens with one attached hydrogen (secondary N) is 2. The number of aliphatic imine (C=N–C) groups is 1. The molecule has 2 N–H and O–H groups in total. The molecule has 0 bridgehead atoms. The summed E-state index contributed by atoms with van der Waals surface area (Å²) < 4.78 is 5.48. The molecule has 1 aliphatic rings. The van der Waals surface area contributed by atoms with E-state index in [-0.39, 0.29) is 24.0 Å². The van der Waals surface area contributed by atoms with Crippen molar-refractivity contribution in [3.05, 3.63) is 52.4 Å². The van der Waals surface area contributed by atoms with E-state index in [9.17, 15) is 0 Å². The second-order valence-corrected chi connectivity index (χ2v) is 8.31. The molecule has 0 spiro atoms. The Balaban J connectivity index is 0.00000385. The van der Waals surface area contributed by atoms with Gasteiger partial charge in [0, 0.05) is 57.8 Å². The molecular weight excluding hydrogens is 527 g/mol. The Bertz CT molecular complexity index is 822. The molecule has 1 aromatic heterocycles. The molecular formula is C25H41IN6O. The van der Waals surface area contributed by atoms with Gasteiger partial charge in [0.25, 0.3) is 0 Å². The van der Waals surface area contributed by atoms with Gasteiger partial charge in [0.2, 0.25) is 0 Å². The molecule has 0 amide bonds. The number of benzene rings is 1. The van der Waals surface area contributed by atoms with Crippen molar-refractivity contribution in [1.82, 2.24) is 25.6 Å². The molecule has 0 atom stereocenters. The molecule has 1 aliphatic heterocycles. The van der Waals surface area contributed by atoms with Crippen molar-refractivity contribution in [1.29, 1.82) is 0 Å². The number of piperazine rings is 1. The lowest BCUT2D eigenvalue weighted by molar-refractivity contribution is 0.132. The summed E-state index contributed by atoms with van der Waals surface area (Å²) in [7, 11) is 0. The molecule has 2 heterocycles. The van der Waals surface area contributed by atoms with Gasteiger partial charge < -0.3 is 20.1 Å². The molecule has 1 fully saturated rings. The Labute approximate surface area is 216 Å². The smallest absolute Gasteiger partial charge is 0.191 e. The highest BCUT2D eigenvalue weighted by atomic mass is 127. The van der Waals surface area contributed by atoms with E-state index in [1.54, 1.807) is 0 Å². The molecule has 3 rings (SSSR count). The fraction of sp³-hybridized carbons (Fsp3) is 0.600. The highest BCUT2D eigenvalue weighted by Crippen LogP contribution is 2.15. The third-order valence-electron chi connectivity index (χ3n) is 6.14. The largest absolute Gasteiger partial charge is 0.361 e. The van der Waals surface area contributed by atoms with E-state index >= 15 is 0 Å². The molecule has 0 aliphatic carbocycles. The molecule has 7 nitrogen and oxygen atoms in total. The van der Waals surface area contributed by atoms with Gasteiger partial charge in [-0.05, 0) is 31.0 Å². The van der Waals surface area contributed by atoms with Crippen molar-refractivity contribution in [3.63, 3.8) is 0 Å². The lowest BCUT2D eigenvalue weighted by Crippen LogP contribution is -2.45. The molecule has 1 aromatic carbocycles. The van der Waals surface area contributed by atoms with Crippen LogP contribution < -0.4 is 10.6 Å². The number of nitrogens with zero attached hydrogens (tertiary/aromatic N) is 4. The fourth-order valence-corrected chi connectivity index (χ4v) is 4.09. The van der Waals surface area contributed by atoms with Gasteiger partial charge in [-0.25, -0.2) is 4.99 Å². The molecule has 1 saturated heterocycles. The van der Waals surface area contributed by atoms with E-state index in [0.29, 0.717) is 13.1 Å². The van der Waals surface area contributed by atoms with Crippen molar-refractivity contribution in [2.75, 3.05) is 39.3 Å². The zero-order valence-corrected chi connectivity index (χ0v) is 23.0. The van der Waals surface area contributed by atoms with E-state index in [2.05, 4.69) is 77.6 Å². The van der Waals surface area contributed by atoms with Crippen molar-refractivity contribution in [2.45, 2.75) is 60.2 Å². The Hall–Kier alpha value is -1.65. The third kappa shape index (κ3) is 8.26. The van der Waals surface area contributed by atoms with Crippen LogP contribution in [0, 0.1) is 0 Å². The lowest BCUT2D eigenvalue weighted by Gasteiger charge is -2.34. The van der Waals surface area contributed by atoms with Crippen molar-refractivity contribution >= 4 is 29.9 Å². The first-order valence-electron chi connectivity index (χ1n) is 12.2. The molecule has 184 valence electrons. The molecule has 0 saturated carbocycles. The molecule has 33 heavy (non-hydrogen) atoms. The topological polar surface area (TPSA) is 68.9 Å². The quantitative estimate of drug-likeness (QED) is 0.258. The number of hydrogen-bond donors (Lipinski definition) is 2. The molecule has 0 radical (unpaired) electrons. The average Bonchev–Trinajstić information content (AvgIpc) is 3.24. The summed E-state index contributed by atoms with van der Waals surface area (Å²) in [6, 6.07) is 8.90. The minimum Gasteiger partial charge on any atom is -0.361 e. The Kier molecular flexibility index (Phi) is 12.2. The summed E-state index contributed by atoms with van der Waals surface area (Å²) in [5.74, 6) is 1.77. The first-order chi connectivity index (χ1) is 15.7. The van der Waals surface area contributed by atoms with Crippen LogP contribution in [0.5, 0.6) is 0 Å². The molecule has 8 heteroatoms. The van der Waals surface area contributed by atoms with Gasteiger partial charge in [-0.2, -0.15) is 0 Å². The average molecular weight is 569 g/mol. The van der Waals surface area contributed by atoms with Gasteiger partial charge >= 0.3 is 0 Å². The summed E-state index contributed by atoms with van der Waals surface area (Å²) in [6.45, 7) is 17.5. The zero-order chi connectivity index (χ0) is 22.8. The normalized spacial score (nSPS) is 15.3. The van der Waals surface area contributed by atoms with Gasteiger partial charge in [0.1, 0.15) is 5.76 Å². The predicted molar refractivity (Wildman–Crippen MR) is 146 cm³/mol. The summed E-state index contributed by atoms with van der Waals surface area (Å²) in [5.41, 5.74) is 4.77. The number of aryl methyl sites for hydroxylation is 2. The first-order valence-corrected chi connectivity index (χ1v) is 12.2. The van der Waals surface area contributed by atoms with E-state index in [4.69, 9.17) is 9.52 Å². The Morgan fingerprint density at radius 2 is 1.61 bits per heavy atom. The van der Waals surface area contributed by atoms with E-state index < -0.39 is 0 Å². The number of halogens is 1. The van der Waals surface area contributed by atoms with Crippen LogP contribution in [0.25, 0.3) is 0 Å². The standard InChI is InChI=1S/C25H40N6O.HI/c1-5-23-22(24(6-2)32-29-23)18-28-25(26-7-3)27-17-20-9-11-21(12-10-20)19-31-15-13-30(8-4)14-16-31;/h9-12H,5-8,13-19H2,1-4H3,(H2,26,27,28);1H. The SMILES string of the molecule is CCNC(=NCc1ccc(CN2CCN(CC)CC2)cc1)NCc1c(CC)noc1CC.I. The Morgan fingerprint density at radius 1 is 0.939 bits per heavy atom. The van der Waals surface area contributed by atoms with E-state index in [1.165, 1.54) is 24.2 Å². The van der Waals surface area contributed by atoms with Crippen molar-refractivity contribution in [2.24, 2.45) is 4.99 Å². The van der Waals surface area contributed by atoms with Crippen LogP contribution in [0.4, 0.5) is 0 Å². The number of likely N-dealkylation sites (N-methyl/N-ethyl adjacent to an activating group) is 1. The van der Waals surface area contributed by atoms with Crippen LogP contribution in [0.1, 0.15) is 55.8 Å². The lowest BCUT2D eigenvalue weighted by atomic mass is 10.1. The maximum Gasteiger partial charge on any atom is 0.191 e. The minimum atomic E-state index is 0. The number of aromatic nitrogens is 1. The van der Waals surface area contributed by atoms with Gasteiger partial charge in [-0.1, -0.05) is 50.2 Å². The van der Waals surface area contributed by atoms with Gasteiger partial charge in [-0.15, -0.1) is 24.0 Å². The molecule has 0 unspecified atom stereocenters. The van der Waals surface area contributed by atoms with E-state index in [0.717, 1.165) is 68.5 Å². The number of rotatable bonds is 10. The van der Waals surface area contributed by atoms with Gasteiger partial charge in [0.05, 0.1) is 12.2 Å². The summed E-state index contributed by atoms with van der Waals surface area (Å²) >= 11 is 0. The van der Waals surface area contributed by atoms with E-state index in [1.807, 2.05) is 0 Å². The van der Waals surface area contributed by atoms with Crippen molar-refractivity contribution in [3.8, 4) is 0 Å². The van der Waals surface area contributed by atoms with Crippen LogP contribution in [0.2, 0.25) is 0 Å². The second-order valence-electron chi connectivity index (χ2n) is 8.31. The van der Waals surface area contributed by atoms with Crippen LogP contribution in [-0.4, -0.2) is 60.2 Å². The third-order valence-corrected chi connectivity index (χ3v) is 6.14. The monoisotopic (exact) mass is 568 g/mol. The summed E-state index contributed by atoms with van der Waals surface area (Å²) in [6.07, 6.45) is 1.72. The predicted octanol–water partition coefficient (Wildman–Crippen LogP) is 3.81. The van der Waals surface area contributed by atoms with Gasteiger partial charge in [-0.3, -0.25) is 4.90 Å². The van der Waals surface area contributed by atoms with Crippen molar-refractivity contribution < 1.29 is 4.52 Å². The molecule has 2 aromatic rings. The fourth-order valence-electron chi connectivity index (χ4n) is 4.09. The van der Waals surface area contributed by atoms with Crippen LogP contribution in [0.3, 0.4) is 0 Å². The summed E-state index contributed by atoms with van der Waals surface area (Å²) in [4.78, 5) is 9.85. The zero-order valence-electron chi connectivity index (χ0n) is 20.7. The van der Waals surface area contributed by atoms with Gasteiger partial charge in [0.15, 0.2) is 5.96 Å². The van der Waals surface area contributed by atoms with Crippen LogP contribution >= 0.6 is 24.0 Å². The minimum absolute atomic E-state index is 0. The number of guanidine groups is 1. The van der Waals surface area contributed by atoms with Crippen LogP contribution in [-0.2, 0) is 32.5 Å².